The Kier molecular flexibility index (Phi) is 8.74. The van der Waals surface area contributed by atoms with E-state index in [1.54, 1.807) is 0 Å². The molecule has 0 N–H and O–H groups in total. The third kappa shape index (κ3) is 5.10. The summed E-state index contributed by atoms with van der Waals surface area (Å²) in [6.45, 7) is 23.8. The maximum atomic E-state index is 13.9. The molecule has 33 heavy (non-hydrogen) atoms. The molecule has 0 aliphatic heterocycles. The number of rotatable bonds is 12. The SMILES string of the molecule is C=Cc1cc2ccccc2c(COC(=O)C(C)(CC(C)(CC)CC)C(C)(CC)CC)c1C=C. The normalized spacial score (nSPS) is 14.0. The molecule has 2 aromatic rings. The lowest BCUT2D eigenvalue weighted by molar-refractivity contribution is -0.169. The zero-order valence-corrected chi connectivity index (χ0v) is 22.0. The number of carbonyl (C=O) groups is 1. The summed E-state index contributed by atoms with van der Waals surface area (Å²) in [5, 5.41) is 2.21. The largest absolute Gasteiger partial charge is 0.460 e. The highest BCUT2D eigenvalue weighted by molar-refractivity contribution is 5.92. The number of fused-ring (bicyclic) bond motifs is 1. The van der Waals surface area contributed by atoms with Crippen molar-refractivity contribution in [2.75, 3.05) is 0 Å². The van der Waals surface area contributed by atoms with Crippen molar-refractivity contribution in [2.24, 2.45) is 16.2 Å². The van der Waals surface area contributed by atoms with Crippen molar-refractivity contribution in [1.82, 2.24) is 0 Å². The molecule has 0 aliphatic rings. The molecule has 0 bridgehead atoms. The van der Waals surface area contributed by atoms with E-state index in [0.717, 1.165) is 59.6 Å². The summed E-state index contributed by atoms with van der Waals surface area (Å²) in [6, 6.07) is 10.3. The van der Waals surface area contributed by atoms with Crippen LogP contribution in [0.15, 0.2) is 43.5 Å². The van der Waals surface area contributed by atoms with E-state index in [0.29, 0.717) is 0 Å². The van der Waals surface area contributed by atoms with Crippen LogP contribution in [0.5, 0.6) is 0 Å². The third-order valence-electron chi connectivity index (χ3n) is 8.84. The quantitative estimate of drug-likeness (QED) is 0.302. The molecular formula is C31H44O2. The van der Waals surface area contributed by atoms with Crippen molar-refractivity contribution in [2.45, 2.75) is 87.2 Å². The molecule has 0 fully saturated rings. The van der Waals surface area contributed by atoms with Crippen molar-refractivity contribution in [1.29, 1.82) is 0 Å². The van der Waals surface area contributed by atoms with Crippen LogP contribution in [0.25, 0.3) is 22.9 Å². The lowest BCUT2D eigenvalue weighted by atomic mass is 9.56. The highest BCUT2D eigenvalue weighted by atomic mass is 16.5. The van der Waals surface area contributed by atoms with Crippen molar-refractivity contribution in [3.63, 3.8) is 0 Å². The number of hydrogen-bond donors (Lipinski definition) is 0. The van der Waals surface area contributed by atoms with Crippen molar-refractivity contribution >= 4 is 28.9 Å². The Balaban J connectivity index is 2.53. The Hall–Kier alpha value is -2.35. The fraction of sp³-hybridized carbons (Fsp3) is 0.516. The monoisotopic (exact) mass is 448 g/mol. The Labute approximate surface area is 202 Å². The van der Waals surface area contributed by atoms with Gasteiger partial charge in [-0.05, 0) is 65.0 Å². The maximum absolute atomic E-state index is 13.9. The maximum Gasteiger partial charge on any atom is 0.312 e. The Morgan fingerprint density at radius 3 is 2.06 bits per heavy atom. The molecule has 0 saturated heterocycles. The topological polar surface area (TPSA) is 26.3 Å². The molecule has 1 unspecified atom stereocenters. The van der Waals surface area contributed by atoms with Crippen LogP contribution in [0, 0.1) is 16.2 Å². The average molecular weight is 449 g/mol. The van der Waals surface area contributed by atoms with Crippen LogP contribution in [0.3, 0.4) is 0 Å². The Morgan fingerprint density at radius 2 is 1.55 bits per heavy atom. The molecule has 0 aliphatic carbocycles. The zero-order chi connectivity index (χ0) is 24.9. The van der Waals surface area contributed by atoms with E-state index in [4.69, 9.17) is 4.74 Å². The highest BCUT2D eigenvalue weighted by Gasteiger charge is 2.51. The predicted octanol–water partition coefficient (Wildman–Crippen LogP) is 9.22. The molecule has 1 atom stereocenters. The first-order valence-corrected chi connectivity index (χ1v) is 12.5. The van der Waals surface area contributed by atoms with Gasteiger partial charge >= 0.3 is 5.97 Å². The molecule has 2 aromatic carbocycles. The predicted molar refractivity (Wildman–Crippen MR) is 144 cm³/mol. The van der Waals surface area contributed by atoms with Gasteiger partial charge in [0, 0.05) is 5.56 Å². The van der Waals surface area contributed by atoms with Crippen LogP contribution in [0.4, 0.5) is 0 Å². The molecular weight excluding hydrogens is 404 g/mol. The fourth-order valence-corrected chi connectivity index (χ4v) is 5.24. The summed E-state index contributed by atoms with van der Waals surface area (Å²) in [6.07, 6.45) is 8.48. The molecule has 2 heteroatoms. The molecule has 0 spiro atoms. The van der Waals surface area contributed by atoms with Crippen molar-refractivity contribution < 1.29 is 9.53 Å². The molecule has 0 amide bonds. The molecule has 2 rings (SSSR count). The van der Waals surface area contributed by atoms with Crippen LogP contribution in [-0.4, -0.2) is 5.97 Å². The van der Waals surface area contributed by atoms with Crippen molar-refractivity contribution in [3.8, 4) is 0 Å². The minimum Gasteiger partial charge on any atom is -0.460 e. The molecule has 0 saturated carbocycles. The van der Waals surface area contributed by atoms with Gasteiger partial charge < -0.3 is 4.74 Å². The van der Waals surface area contributed by atoms with Gasteiger partial charge in [-0.25, -0.2) is 0 Å². The zero-order valence-electron chi connectivity index (χ0n) is 22.0. The number of benzene rings is 2. The number of hydrogen-bond acceptors (Lipinski definition) is 2. The van der Waals surface area contributed by atoms with E-state index in [1.807, 2.05) is 24.3 Å². The van der Waals surface area contributed by atoms with E-state index >= 15 is 0 Å². The van der Waals surface area contributed by atoms with E-state index in [1.165, 1.54) is 0 Å². The first-order valence-electron chi connectivity index (χ1n) is 12.5. The Bertz CT molecular complexity index is 991. The van der Waals surface area contributed by atoms with Crippen molar-refractivity contribution in [3.05, 3.63) is 60.2 Å². The second kappa shape index (κ2) is 10.7. The van der Waals surface area contributed by atoms with Crippen LogP contribution in [-0.2, 0) is 16.1 Å². The molecule has 180 valence electrons. The molecule has 0 heterocycles. The second-order valence-corrected chi connectivity index (χ2v) is 10.4. The first kappa shape index (κ1) is 26.9. The molecule has 0 aromatic heterocycles. The third-order valence-corrected chi connectivity index (χ3v) is 8.84. The number of esters is 1. The summed E-state index contributed by atoms with van der Waals surface area (Å²) >= 11 is 0. The highest BCUT2D eigenvalue weighted by Crippen LogP contribution is 2.53. The smallest absolute Gasteiger partial charge is 0.312 e. The van der Waals surface area contributed by atoms with Gasteiger partial charge in [0.05, 0.1) is 5.41 Å². The van der Waals surface area contributed by atoms with Gasteiger partial charge in [0.2, 0.25) is 0 Å². The van der Waals surface area contributed by atoms with Gasteiger partial charge in [0.15, 0.2) is 0 Å². The molecule has 0 radical (unpaired) electrons. The summed E-state index contributed by atoms with van der Waals surface area (Å²) in [4.78, 5) is 13.9. The van der Waals surface area contributed by atoms with Gasteiger partial charge in [-0.1, -0.05) is 104 Å². The summed E-state index contributed by atoms with van der Waals surface area (Å²) < 4.78 is 6.21. The Morgan fingerprint density at radius 1 is 0.939 bits per heavy atom. The van der Waals surface area contributed by atoms with Gasteiger partial charge in [-0.3, -0.25) is 4.79 Å². The van der Waals surface area contributed by atoms with Gasteiger partial charge in [0.25, 0.3) is 0 Å². The van der Waals surface area contributed by atoms with E-state index in [2.05, 4.69) is 79.8 Å². The summed E-state index contributed by atoms with van der Waals surface area (Å²) in [5.74, 6) is -0.0927. The summed E-state index contributed by atoms with van der Waals surface area (Å²) in [5.41, 5.74) is 2.38. The van der Waals surface area contributed by atoms with Crippen LogP contribution in [0.2, 0.25) is 0 Å². The van der Waals surface area contributed by atoms with Gasteiger partial charge in [-0.15, -0.1) is 0 Å². The first-order chi connectivity index (χ1) is 15.6. The van der Waals surface area contributed by atoms with E-state index in [9.17, 15) is 4.79 Å². The van der Waals surface area contributed by atoms with E-state index < -0.39 is 5.41 Å². The van der Waals surface area contributed by atoms with Gasteiger partial charge in [-0.2, -0.15) is 0 Å². The lowest BCUT2D eigenvalue weighted by Gasteiger charge is -2.48. The fourth-order valence-electron chi connectivity index (χ4n) is 5.24. The van der Waals surface area contributed by atoms with Crippen LogP contribution in [0.1, 0.15) is 97.3 Å². The van der Waals surface area contributed by atoms with Crippen LogP contribution >= 0.6 is 0 Å². The summed E-state index contributed by atoms with van der Waals surface area (Å²) in [7, 11) is 0. The molecule has 2 nitrogen and oxygen atoms in total. The second-order valence-electron chi connectivity index (χ2n) is 10.4. The minimum atomic E-state index is -0.572. The van der Waals surface area contributed by atoms with Gasteiger partial charge in [0.1, 0.15) is 6.61 Å². The lowest BCUT2D eigenvalue weighted by Crippen LogP contribution is -2.47. The standard InChI is InChI=1S/C31H44O2/c1-10-23-20-24-18-16-17-19-26(24)27(25(23)11-2)21-33-28(32)31(9,30(8,14-5)15-6)22-29(7,12-3)13-4/h10-11,16-20H,1-2,12-15,21-22H2,3-9H3. The number of ether oxygens (including phenoxy) is 1. The van der Waals surface area contributed by atoms with E-state index in [-0.39, 0.29) is 23.4 Å². The average Bonchev–Trinajstić information content (AvgIpc) is 2.85. The minimum absolute atomic E-state index is 0.0927. The van der Waals surface area contributed by atoms with Crippen LogP contribution < -0.4 is 0 Å². The number of carbonyl (C=O) groups excluding carboxylic acids is 1.